The van der Waals surface area contributed by atoms with Crippen LogP contribution in [0.1, 0.15) is 41.5 Å². The van der Waals surface area contributed by atoms with Crippen LogP contribution in [0.4, 0.5) is 4.79 Å². The van der Waals surface area contributed by atoms with Gasteiger partial charge in [-0.05, 0) is 41.5 Å². The molecule has 2 N–H and O–H groups in total. The van der Waals surface area contributed by atoms with Crippen molar-refractivity contribution in [2.45, 2.75) is 58.8 Å². The molecule has 1 aliphatic heterocycles. The Bertz CT molecular complexity index is 353. The molecule has 22 heavy (non-hydrogen) atoms. The van der Waals surface area contributed by atoms with E-state index in [9.17, 15) is 9.90 Å². The van der Waals surface area contributed by atoms with Crippen molar-refractivity contribution in [1.29, 1.82) is 0 Å². The summed E-state index contributed by atoms with van der Waals surface area (Å²) < 4.78 is 5.39. The summed E-state index contributed by atoms with van der Waals surface area (Å²) in [6.07, 6.45) is -0.221. The molecule has 130 valence electrons. The van der Waals surface area contributed by atoms with Gasteiger partial charge in [0.15, 0.2) is 0 Å². The average molecular weight is 315 g/mol. The van der Waals surface area contributed by atoms with E-state index in [1.807, 2.05) is 41.5 Å². The highest BCUT2D eigenvalue weighted by Gasteiger charge is 2.26. The number of amides is 1. The molecule has 0 spiro atoms. The third-order valence-electron chi connectivity index (χ3n) is 3.96. The summed E-state index contributed by atoms with van der Waals surface area (Å²) in [5.74, 6) is 0. The lowest BCUT2D eigenvalue weighted by Crippen LogP contribution is -2.52. The van der Waals surface area contributed by atoms with Gasteiger partial charge in [-0.2, -0.15) is 0 Å². The first-order valence-corrected chi connectivity index (χ1v) is 8.15. The summed E-state index contributed by atoms with van der Waals surface area (Å²) >= 11 is 0. The second-order valence-corrected chi connectivity index (χ2v) is 7.64. The van der Waals surface area contributed by atoms with E-state index in [0.717, 1.165) is 26.2 Å². The molecule has 1 unspecified atom stereocenters. The maximum atomic E-state index is 12.0. The molecule has 0 aliphatic carbocycles. The normalized spacial score (nSPS) is 19.1. The summed E-state index contributed by atoms with van der Waals surface area (Å²) in [6, 6.07) is 0.0514. The minimum absolute atomic E-state index is 0.0514. The molecule has 0 radical (unpaired) electrons. The summed E-state index contributed by atoms with van der Waals surface area (Å²) in [6.45, 7) is 16.1. The molecule has 6 nitrogen and oxygen atoms in total. The van der Waals surface area contributed by atoms with Crippen LogP contribution in [0, 0.1) is 0 Å². The van der Waals surface area contributed by atoms with Crippen LogP contribution in [0.5, 0.6) is 0 Å². The molecule has 1 aliphatic rings. The van der Waals surface area contributed by atoms with Crippen LogP contribution in [-0.4, -0.2) is 77.5 Å². The molecule has 0 aromatic carbocycles. The number of nitrogens with one attached hydrogen (secondary N) is 1. The third-order valence-corrected chi connectivity index (χ3v) is 3.96. The van der Waals surface area contributed by atoms with Crippen molar-refractivity contribution in [3.05, 3.63) is 0 Å². The maximum Gasteiger partial charge on any atom is 0.410 e. The topological polar surface area (TPSA) is 65.0 Å². The Hall–Kier alpha value is -0.850. The molecule has 1 heterocycles. The molecule has 0 aromatic heterocycles. The van der Waals surface area contributed by atoms with Gasteiger partial charge in [0.1, 0.15) is 5.60 Å². The second kappa shape index (κ2) is 7.62. The highest BCUT2D eigenvalue weighted by molar-refractivity contribution is 5.68. The lowest BCUT2D eigenvalue weighted by Gasteiger charge is -2.36. The number of aliphatic hydroxyl groups is 1. The molecule has 1 rings (SSSR count). The number of ether oxygens (including phenoxy) is 1. The molecule has 1 amide bonds. The van der Waals surface area contributed by atoms with E-state index in [4.69, 9.17) is 4.74 Å². The fraction of sp³-hybridized carbons (Fsp3) is 0.938. The monoisotopic (exact) mass is 315 g/mol. The minimum atomic E-state index is -0.713. The zero-order chi connectivity index (χ0) is 17.0. The number of hydrogen-bond donors (Lipinski definition) is 2. The quantitative estimate of drug-likeness (QED) is 0.800. The smallest absolute Gasteiger partial charge is 0.410 e. The Morgan fingerprint density at radius 3 is 2.18 bits per heavy atom. The van der Waals surface area contributed by atoms with Gasteiger partial charge >= 0.3 is 6.09 Å². The SMILES string of the molecule is CC(NCCN1CCN(C(=O)OC(C)(C)C)CC1)C(C)(C)O. The molecule has 6 heteroatoms. The Labute approximate surface area is 134 Å². The Morgan fingerprint density at radius 2 is 1.73 bits per heavy atom. The fourth-order valence-corrected chi connectivity index (χ4v) is 2.17. The number of carbonyl (C=O) groups is 1. The minimum Gasteiger partial charge on any atom is -0.444 e. The first kappa shape index (κ1) is 19.2. The zero-order valence-electron chi connectivity index (χ0n) is 15.0. The number of carbonyl (C=O) groups excluding carboxylic acids is 1. The van der Waals surface area contributed by atoms with Gasteiger partial charge in [-0.25, -0.2) is 4.79 Å². The summed E-state index contributed by atoms with van der Waals surface area (Å²) in [7, 11) is 0. The van der Waals surface area contributed by atoms with Gasteiger partial charge in [-0.3, -0.25) is 4.90 Å². The zero-order valence-corrected chi connectivity index (χ0v) is 15.0. The molecule has 1 saturated heterocycles. The van der Waals surface area contributed by atoms with Crippen molar-refractivity contribution in [2.24, 2.45) is 0 Å². The highest BCUT2D eigenvalue weighted by atomic mass is 16.6. The Balaban J connectivity index is 2.24. The first-order valence-electron chi connectivity index (χ1n) is 8.15. The lowest BCUT2D eigenvalue weighted by atomic mass is 10.0. The third kappa shape index (κ3) is 6.94. The Morgan fingerprint density at radius 1 is 1.18 bits per heavy atom. The van der Waals surface area contributed by atoms with Gasteiger partial charge in [0.25, 0.3) is 0 Å². The van der Waals surface area contributed by atoms with Crippen molar-refractivity contribution >= 4 is 6.09 Å². The second-order valence-electron chi connectivity index (χ2n) is 7.64. The van der Waals surface area contributed by atoms with E-state index in [0.29, 0.717) is 13.1 Å². The molecule has 1 fully saturated rings. The van der Waals surface area contributed by atoms with Gasteiger partial charge in [0.05, 0.1) is 5.60 Å². The van der Waals surface area contributed by atoms with E-state index in [-0.39, 0.29) is 12.1 Å². The van der Waals surface area contributed by atoms with E-state index in [1.165, 1.54) is 0 Å². The van der Waals surface area contributed by atoms with Crippen LogP contribution in [-0.2, 0) is 4.74 Å². The predicted octanol–water partition coefficient (Wildman–Crippen LogP) is 1.29. The van der Waals surface area contributed by atoms with Crippen LogP contribution >= 0.6 is 0 Å². The molecule has 0 aromatic rings. The molecule has 0 saturated carbocycles. The maximum absolute atomic E-state index is 12.0. The summed E-state index contributed by atoms with van der Waals surface area (Å²) in [5.41, 5.74) is -1.15. The van der Waals surface area contributed by atoms with E-state index in [1.54, 1.807) is 4.90 Å². The van der Waals surface area contributed by atoms with Crippen molar-refractivity contribution in [2.75, 3.05) is 39.3 Å². The van der Waals surface area contributed by atoms with Crippen molar-refractivity contribution in [3.63, 3.8) is 0 Å². The van der Waals surface area contributed by atoms with Crippen LogP contribution in [0.3, 0.4) is 0 Å². The Kier molecular flexibility index (Phi) is 6.65. The molecule has 0 bridgehead atoms. The standard InChI is InChI=1S/C16H33N3O3/c1-13(16(5,6)21)17-7-8-18-9-11-19(12-10-18)14(20)22-15(2,3)4/h13,17,21H,7-12H2,1-6H3. The van der Waals surface area contributed by atoms with Crippen LogP contribution < -0.4 is 5.32 Å². The van der Waals surface area contributed by atoms with E-state index in [2.05, 4.69) is 10.2 Å². The van der Waals surface area contributed by atoms with Crippen molar-refractivity contribution in [1.82, 2.24) is 15.1 Å². The van der Waals surface area contributed by atoms with Gasteiger partial charge in [-0.15, -0.1) is 0 Å². The first-order chi connectivity index (χ1) is 9.99. The number of rotatable bonds is 5. The van der Waals surface area contributed by atoms with Gasteiger partial charge in [-0.1, -0.05) is 0 Å². The molecule has 1 atom stereocenters. The van der Waals surface area contributed by atoms with E-state index < -0.39 is 11.2 Å². The summed E-state index contributed by atoms with van der Waals surface area (Å²) in [4.78, 5) is 16.1. The van der Waals surface area contributed by atoms with Gasteiger partial charge in [0, 0.05) is 45.3 Å². The van der Waals surface area contributed by atoms with Crippen LogP contribution in [0.2, 0.25) is 0 Å². The van der Waals surface area contributed by atoms with Gasteiger partial charge < -0.3 is 20.1 Å². The average Bonchev–Trinajstić information content (AvgIpc) is 2.36. The van der Waals surface area contributed by atoms with Crippen LogP contribution in [0.25, 0.3) is 0 Å². The molecular formula is C16H33N3O3. The number of nitrogens with zero attached hydrogens (tertiary/aromatic N) is 2. The molecular weight excluding hydrogens is 282 g/mol. The lowest BCUT2D eigenvalue weighted by molar-refractivity contribution is 0.0138. The largest absolute Gasteiger partial charge is 0.444 e. The van der Waals surface area contributed by atoms with Gasteiger partial charge in [0.2, 0.25) is 0 Å². The predicted molar refractivity (Wildman–Crippen MR) is 88.0 cm³/mol. The van der Waals surface area contributed by atoms with E-state index >= 15 is 0 Å². The van der Waals surface area contributed by atoms with Crippen LogP contribution in [0.15, 0.2) is 0 Å². The fourth-order valence-electron chi connectivity index (χ4n) is 2.17. The highest BCUT2D eigenvalue weighted by Crippen LogP contribution is 2.12. The number of hydrogen-bond acceptors (Lipinski definition) is 5. The summed E-state index contributed by atoms with van der Waals surface area (Å²) in [5, 5.41) is 13.2. The van der Waals surface area contributed by atoms with Crippen molar-refractivity contribution < 1.29 is 14.6 Å². The van der Waals surface area contributed by atoms with Crippen molar-refractivity contribution in [3.8, 4) is 0 Å². The number of piperazine rings is 1.